The van der Waals surface area contributed by atoms with E-state index in [-0.39, 0.29) is 18.2 Å². The summed E-state index contributed by atoms with van der Waals surface area (Å²) in [4.78, 5) is 22.2. The summed E-state index contributed by atoms with van der Waals surface area (Å²) in [5.41, 5.74) is 0.847. The van der Waals surface area contributed by atoms with Gasteiger partial charge in [0.2, 0.25) is 5.91 Å². The molecule has 0 bridgehead atoms. The van der Waals surface area contributed by atoms with E-state index in [1.807, 2.05) is 0 Å². The van der Waals surface area contributed by atoms with E-state index in [0.29, 0.717) is 5.57 Å². The number of ether oxygens (including phenoxy) is 1. The zero-order valence-corrected chi connectivity index (χ0v) is 9.27. The van der Waals surface area contributed by atoms with Crippen molar-refractivity contribution >= 4 is 23.5 Å². The molecule has 0 aromatic carbocycles. The Hall–Kier alpha value is -1.03. The molecular formula is C9H14ClNO3. The maximum atomic E-state index is 11.3. The average Bonchev–Trinajstić information content (AvgIpc) is 2.13. The number of allylic oxidation sites excluding steroid dienone is 1. The van der Waals surface area contributed by atoms with Crippen LogP contribution in [0.4, 0.5) is 0 Å². The molecule has 0 atom stereocenters. The lowest BCUT2D eigenvalue weighted by Crippen LogP contribution is -2.30. The van der Waals surface area contributed by atoms with E-state index < -0.39 is 11.9 Å². The molecule has 80 valence electrons. The lowest BCUT2D eigenvalue weighted by Gasteiger charge is -2.09. The molecule has 0 heterocycles. The van der Waals surface area contributed by atoms with Gasteiger partial charge in [-0.3, -0.25) is 4.79 Å². The third-order valence-electron chi connectivity index (χ3n) is 1.37. The Morgan fingerprint density at radius 2 is 1.93 bits per heavy atom. The van der Waals surface area contributed by atoms with Crippen molar-refractivity contribution in [2.45, 2.75) is 20.8 Å². The Morgan fingerprint density at radius 1 is 1.36 bits per heavy atom. The van der Waals surface area contributed by atoms with Crippen LogP contribution in [-0.2, 0) is 14.3 Å². The summed E-state index contributed by atoms with van der Waals surface area (Å²) >= 11 is 5.30. The van der Waals surface area contributed by atoms with Crippen molar-refractivity contribution in [3.8, 4) is 0 Å². The first-order chi connectivity index (χ1) is 6.52. The maximum Gasteiger partial charge on any atom is 0.354 e. The number of hydrogen-bond acceptors (Lipinski definition) is 3. The molecule has 0 rings (SSSR count). The first-order valence-corrected chi connectivity index (χ1v) is 4.76. The molecule has 0 saturated carbocycles. The van der Waals surface area contributed by atoms with E-state index in [2.05, 4.69) is 5.32 Å². The standard InChI is InChI=1S/C9H14ClNO3/c1-4-14-9(13)8(6(2)3)11-7(12)5-10/h4-5H2,1-3H3,(H,11,12). The number of carbonyl (C=O) groups excluding carboxylic acids is 2. The minimum Gasteiger partial charge on any atom is -0.461 e. The van der Waals surface area contributed by atoms with Gasteiger partial charge in [-0.15, -0.1) is 11.6 Å². The van der Waals surface area contributed by atoms with Crippen molar-refractivity contribution in [1.29, 1.82) is 0 Å². The molecule has 0 saturated heterocycles. The van der Waals surface area contributed by atoms with Crippen molar-refractivity contribution in [2.24, 2.45) is 0 Å². The van der Waals surface area contributed by atoms with Crippen LogP contribution in [0.3, 0.4) is 0 Å². The van der Waals surface area contributed by atoms with Crippen LogP contribution in [-0.4, -0.2) is 24.4 Å². The Balaban J connectivity index is 4.56. The van der Waals surface area contributed by atoms with Gasteiger partial charge in [0.1, 0.15) is 11.6 Å². The summed E-state index contributed by atoms with van der Waals surface area (Å²) in [6, 6.07) is 0. The maximum absolute atomic E-state index is 11.3. The largest absolute Gasteiger partial charge is 0.461 e. The molecule has 0 aliphatic carbocycles. The van der Waals surface area contributed by atoms with Gasteiger partial charge in [0.15, 0.2) is 0 Å². The van der Waals surface area contributed by atoms with Crippen molar-refractivity contribution < 1.29 is 14.3 Å². The average molecular weight is 220 g/mol. The third-order valence-corrected chi connectivity index (χ3v) is 1.61. The highest BCUT2D eigenvalue weighted by molar-refractivity contribution is 6.27. The molecule has 0 aliphatic heterocycles. The van der Waals surface area contributed by atoms with Gasteiger partial charge in [-0.05, 0) is 26.3 Å². The Kier molecular flexibility index (Phi) is 5.95. The molecule has 0 spiro atoms. The number of rotatable bonds is 4. The normalized spacial score (nSPS) is 9.14. The molecule has 0 aromatic heterocycles. The third kappa shape index (κ3) is 4.28. The molecule has 1 amide bonds. The Labute approximate surface area is 88.3 Å². The SMILES string of the molecule is CCOC(=O)C(NC(=O)CCl)=C(C)C. The highest BCUT2D eigenvalue weighted by atomic mass is 35.5. The molecule has 0 aromatic rings. The highest BCUT2D eigenvalue weighted by Crippen LogP contribution is 2.02. The van der Waals surface area contributed by atoms with Crippen LogP contribution >= 0.6 is 11.6 Å². The second kappa shape index (κ2) is 6.43. The summed E-state index contributed by atoms with van der Waals surface area (Å²) in [6.07, 6.45) is 0. The van der Waals surface area contributed by atoms with Gasteiger partial charge in [0.25, 0.3) is 0 Å². The van der Waals surface area contributed by atoms with Crippen LogP contribution < -0.4 is 5.32 Å². The van der Waals surface area contributed by atoms with Gasteiger partial charge in [-0.1, -0.05) is 0 Å². The number of amides is 1. The van der Waals surface area contributed by atoms with Gasteiger partial charge in [0.05, 0.1) is 6.61 Å². The topological polar surface area (TPSA) is 55.4 Å². The quantitative estimate of drug-likeness (QED) is 0.439. The summed E-state index contributed by atoms with van der Waals surface area (Å²) in [5.74, 6) is -1.14. The van der Waals surface area contributed by atoms with Gasteiger partial charge < -0.3 is 10.1 Å². The van der Waals surface area contributed by atoms with Crippen molar-refractivity contribution in [3.05, 3.63) is 11.3 Å². The summed E-state index contributed by atoms with van der Waals surface area (Å²) in [6.45, 7) is 5.39. The van der Waals surface area contributed by atoms with E-state index in [0.717, 1.165) is 0 Å². The molecular weight excluding hydrogens is 206 g/mol. The zero-order valence-electron chi connectivity index (χ0n) is 8.52. The predicted octanol–water partition coefficient (Wildman–Crippen LogP) is 1.20. The molecule has 5 heteroatoms. The molecule has 0 aliphatic rings. The van der Waals surface area contributed by atoms with Gasteiger partial charge in [-0.2, -0.15) is 0 Å². The van der Waals surface area contributed by atoms with Crippen LogP contribution in [0.1, 0.15) is 20.8 Å². The zero-order chi connectivity index (χ0) is 11.1. The molecule has 0 fully saturated rings. The molecule has 1 N–H and O–H groups in total. The number of esters is 1. The van der Waals surface area contributed by atoms with E-state index in [9.17, 15) is 9.59 Å². The molecule has 0 radical (unpaired) electrons. The second-order valence-electron chi connectivity index (χ2n) is 2.78. The van der Waals surface area contributed by atoms with Gasteiger partial charge in [0, 0.05) is 0 Å². The number of halogens is 1. The second-order valence-corrected chi connectivity index (χ2v) is 3.04. The predicted molar refractivity (Wildman–Crippen MR) is 53.9 cm³/mol. The van der Waals surface area contributed by atoms with Crippen LogP contribution in [0.15, 0.2) is 11.3 Å². The molecule has 0 unspecified atom stereocenters. The van der Waals surface area contributed by atoms with Gasteiger partial charge in [-0.25, -0.2) is 4.79 Å². The first kappa shape index (κ1) is 13.0. The fourth-order valence-electron chi connectivity index (χ4n) is 0.756. The van der Waals surface area contributed by atoms with E-state index in [4.69, 9.17) is 16.3 Å². The smallest absolute Gasteiger partial charge is 0.354 e. The van der Waals surface area contributed by atoms with E-state index in [1.54, 1.807) is 20.8 Å². The number of nitrogens with one attached hydrogen (secondary N) is 1. The fourth-order valence-corrected chi connectivity index (χ4v) is 0.823. The minimum atomic E-state index is -0.536. The fraction of sp³-hybridized carbons (Fsp3) is 0.556. The summed E-state index contributed by atoms with van der Waals surface area (Å²) < 4.78 is 4.76. The lowest BCUT2D eigenvalue weighted by molar-refractivity contribution is -0.140. The molecule has 14 heavy (non-hydrogen) atoms. The van der Waals surface area contributed by atoms with E-state index in [1.165, 1.54) is 0 Å². The van der Waals surface area contributed by atoms with Crippen molar-refractivity contribution in [3.63, 3.8) is 0 Å². The van der Waals surface area contributed by atoms with Crippen LogP contribution in [0.2, 0.25) is 0 Å². The Morgan fingerprint density at radius 3 is 2.29 bits per heavy atom. The van der Waals surface area contributed by atoms with Gasteiger partial charge >= 0.3 is 5.97 Å². The van der Waals surface area contributed by atoms with Crippen molar-refractivity contribution in [2.75, 3.05) is 12.5 Å². The number of hydrogen-bond donors (Lipinski definition) is 1. The minimum absolute atomic E-state index is 0.164. The van der Waals surface area contributed by atoms with Crippen LogP contribution in [0, 0.1) is 0 Å². The lowest BCUT2D eigenvalue weighted by atomic mass is 10.2. The van der Waals surface area contributed by atoms with Crippen molar-refractivity contribution in [1.82, 2.24) is 5.32 Å². The summed E-state index contributed by atoms with van der Waals surface area (Å²) in [7, 11) is 0. The monoisotopic (exact) mass is 219 g/mol. The van der Waals surface area contributed by atoms with Crippen LogP contribution in [0.5, 0.6) is 0 Å². The number of alkyl halides is 1. The molecule has 4 nitrogen and oxygen atoms in total. The number of carbonyl (C=O) groups is 2. The first-order valence-electron chi connectivity index (χ1n) is 4.23. The van der Waals surface area contributed by atoms with E-state index >= 15 is 0 Å². The van der Waals surface area contributed by atoms with Crippen LogP contribution in [0.25, 0.3) is 0 Å². The highest BCUT2D eigenvalue weighted by Gasteiger charge is 2.14. The summed E-state index contributed by atoms with van der Waals surface area (Å²) in [5, 5.41) is 2.38. The Bertz CT molecular complexity index is 257.